The van der Waals surface area contributed by atoms with Crippen LogP contribution in [0.25, 0.3) is 22.2 Å². The monoisotopic (exact) mass is 288 g/mol. The summed E-state index contributed by atoms with van der Waals surface area (Å²) in [6, 6.07) is 6.71. The lowest BCUT2D eigenvalue weighted by Crippen LogP contribution is -2.10. The van der Waals surface area contributed by atoms with Crippen molar-refractivity contribution in [3.05, 3.63) is 48.0 Å². The first-order valence-electron chi connectivity index (χ1n) is 5.90. The molecule has 0 aliphatic carbocycles. The average molecular weight is 288 g/mol. The Hall–Kier alpha value is -2.88. The van der Waals surface area contributed by atoms with Crippen LogP contribution in [-0.2, 0) is 6.18 Å². The zero-order chi connectivity index (χ0) is 15.0. The summed E-state index contributed by atoms with van der Waals surface area (Å²) in [5, 5.41) is 9.41. The Balaban J connectivity index is 2.29. The lowest BCUT2D eigenvalue weighted by Gasteiger charge is -2.09. The Kier molecular flexibility index (Phi) is 2.87. The standard InChI is InChI=1S/C14H7F3N4/c15-14(16,17)13-12(19-3-4-20-13)10-7-21-11-2-1-8(6-18)5-9(10)11/h1-5,7,21H. The first-order valence-corrected chi connectivity index (χ1v) is 5.90. The van der Waals surface area contributed by atoms with Crippen LogP contribution in [0.5, 0.6) is 0 Å². The van der Waals surface area contributed by atoms with Crippen molar-refractivity contribution in [2.45, 2.75) is 6.18 Å². The largest absolute Gasteiger partial charge is 0.435 e. The van der Waals surface area contributed by atoms with Gasteiger partial charge in [0.25, 0.3) is 0 Å². The summed E-state index contributed by atoms with van der Waals surface area (Å²) in [6.45, 7) is 0. The van der Waals surface area contributed by atoms with Crippen LogP contribution < -0.4 is 0 Å². The molecule has 0 saturated heterocycles. The normalized spacial score (nSPS) is 11.5. The van der Waals surface area contributed by atoms with Gasteiger partial charge in [0.05, 0.1) is 11.6 Å². The number of rotatable bonds is 1. The number of fused-ring (bicyclic) bond motifs is 1. The number of halogens is 3. The highest BCUT2D eigenvalue weighted by molar-refractivity contribution is 5.95. The minimum atomic E-state index is -4.60. The van der Waals surface area contributed by atoms with Gasteiger partial charge in [0, 0.05) is 35.1 Å². The second-order valence-electron chi connectivity index (χ2n) is 4.33. The maximum Gasteiger partial charge on any atom is 0.435 e. The van der Waals surface area contributed by atoms with Gasteiger partial charge in [-0.3, -0.25) is 4.98 Å². The summed E-state index contributed by atoms with van der Waals surface area (Å²) >= 11 is 0. The first-order chi connectivity index (χ1) is 10.0. The predicted octanol–water partition coefficient (Wildman–Crippen LogP) is 3.52. The number of nitriles is 1. The molecule has 4 nitrogen and oxygen atoms in total. The summed E-state index contributed by atoms with van der Waals surface area (Å²) in [4.78, 5) is 10.1. The molecule has 0 aliphatic rings. The molecule has 7 heteroatoms. The number of aromatic nitrogens is 3. The number of nitrogens with one attached hydrogen (secondary N) is 1. The Morgan fingerprint density at radius 2 is 1.90 bits per heavy atom. The zero-order valence-corrected chi connectivity index (χ0v) is 10.4. The van der Waals surface area contributed by atoms with Crippen molar-refractivity contribution in [2.75, 3.05) is 0 Å². The van der Waals surface area contributed by atoms with Crippen molar-refractivity contribution in [3.8, 4) is 17.3 Å². The van der Waals surface area contributed by atoms with Crippen molar-refractivity contribution in [1.29, 1.82) is 5.26 Å². The fraction of sp³-hybridized carbons (Fsp3) is 0.0714. The van der Waals surface area contributed by atoms with E-state index < -0.39 is 11.9 Å². The number of H-pyrrole nitrogens is 1. The second-order valence-corrected chi connectivity index (χ2v) is 4.33. The molecule has 3 aromatic rings. The van der Waals surface area contributed by atoms with Gasteiger partial charge in [-0.05, 0) is 18.2 Å². The van der Waals surface area contributed by atoms with E-state index in [-0.39, 0.29) is 11.3 Å². The molecule has 2 aromatic heterocycles. The summed E-state index contributed by atoms with van der Waals surface area (Å²) in [6.07, 6.45) is -0.954. The van der Waals surface area contributed by atoms with Crippen molar-refractivity contribution in [3.63, 3.8) is 0 Å². The van der Waals surface area contributed by atoms with Gasteiger partial charge in [0.2, 0.25) is 0 Å². The molecule has 1 aromatic carbocycles. The minimum absolute atomic E-state index is 0.258. The zero-order valence-electron chi connectivity index (χ0n) is 10.4. The molecular weight excluding hydrogens is 281 g/mol. The van der Waals surface area contributed by atoms with E-state index in [4.69, 9.17) is 5.26 Å². The van der Waals surface area contributed by atoms with Gasteiger partial charge < -0.3 is 4.98 Å². The Morgan fingerprint density at radius 3 is 2.62 bits per heavy atom. The van der Waals surface area contributed by atoms with Gasteiger partial charge in [0.15, 0.2) is 5.69 Å². The van der Waals surface area contributed by atoms with Gasteiger partial charge in [0.1, 0.15) is 5.69 Å². The minimum Gasteiger partial charge on any atom is -0.360 e. The second kappa shape index (κ2) is 4.59. The Labute approximate surface area is 116 Å². The van der Waals surface area contributed by atoms with Crippen LogP contribution in [-0.4, -0.2) is 15.0 Å². The summed E-state index contributed by atoms with van der Waals surface area (Å²) in [5.41, 5.74) is -0.0503. The lowest BCUT2D eigenvalue weighted by molar-refractivity contribution is -0.140. The lowest BCUT2D eigenvalue weighted by atomic mass is 10.1. The van der Waals surface area contributed by atoms with Crippen LogP contribution in [0.15, 0.2) is 36.8 Å². The summed E-state index contributed by atoms with van der Waals surface area (Å²) < 4.78 is 39.1. The SMILES string of the molecule is N#Cc1ccc2[nH]cc(-c3nccnc3C(F)(F)F)c2c1. The average Bonchev–Trinajstić information content (AvgIpc) is 2.89. The Bertz CT molecular complexity index is 859. The van der Waals surface area contributed by atoms with Crippen molar-refractivity contribution in [1.82, 2.24) is 15.0 Å². The molecule has 1 N–H and O–H groups in total. The van der Waals surface area contributed by atoms with Gasteiger partial charge in [-0.2, -0.15) is 18.4 Å². The maximum absolute atomic E-state index is 13.0. The third-order valence-electron chi connectivity index (χ3n) is 3.03. The molecule has 0 spiro atoms. The molecule has 0 radical (unpaired) electrons. The third-order valence-corrected chi connectivity index (χ3v) is 3.03. The number of aromatic amines is 1. The first kappa shape index (κ1) is 13.1. The fourth-order valence-corrected chi connectivity index (χ4v) is 2.13. The molecule has 21 heavy (non-hydrogen) atoms. The van der Waals surface area contributed by atoms with E-state index in [0.717, 1.165) is 6.20 Å². The van der Waals surface area contributed by atoms with Crippen LogP contribution >= 0.6 is 0 Å². The molecule has 3 rings (SSSR count). The van der Waals surface area contributed by atoms with Crippen LogP contribution in [0.2, 0.25) is 0 Å². The maximum atomic E-state index is 13.0. The van der Waals surface area contributed by atoms with E-state index >= 15 is 0 Å². The highest BCUT2D eigenvalue weighted by Crippen LogP contribution is 2.36. The van der Waals surface area contributed by atoms with Crippen LogP contribution in [0.3, 0.4) is 0 Å². The van der Waals surface area contributed by atoms with Crippen molar-refractivity contribution >= 4 is 10.9 Å². The quantitative estimate of drug-likeness (QED) is 0.745. The van der Waals surface area contributed by atoms with Crippen molar-refractivity contribution in [2.24, 2.45) is 0 Å². The van der Waals surface area contributed by atoms with Crippen LogP contribution in [0, 0.1) is 11.3 Å². The highest BCUT2D eigenvalue weighted by atomic mass is 19.4. The van der Waals surface area contributed by atoms with E-state index in [1.807, 2.05) is 6.07 Å². The molecule has 0 fully saturated rings. The van der Waals surface area contributed by atoms with Crippen LogP contribution in [0.4, 0.5) is 13.2 Å². The highest BCUT2D eigenvalue weighted by Gasteiger charge is 2.36. The van der Waals surface area contributed by atoms with Crippen LogP contribution in [0.1, 0.15) is 11.3 Å². The number of hydrogen-bond donors (Lipinski definition) is 1. The number of nitrogens with zero attached hydrogens (tertiary/aromatic N) is 3. The molecule has 0 bridgehead atoms. The summed E-state index contributed by atoms with van der Waals surface area (Å²) in [5.74, 6) is 0. The topological polar surface area (TPSA) is 65.4 Å². The molecule has 0 aliphatic heterocycles. The molecule has 0 atom stereocenters. The molecule has 104 valence electrons. The summed E-state index contributed by atoms with van der Waals surface area (Å²) in [7, 11) is 0. The van der Waals surface area contributed by atoms with E-state index in [1.54, 1.807) is 12.1 Å². The van der Waals surface area contributed by atoms with E-state index in [9.17, 15) is 13.2 Å². The number of hydrogen-bond acceptors (Lipinski definition) is 3. The Morgan fingerprint density at radius 1 is 1.14 bits per heavy atom. The predicted molar refractivity (Wildman–Crippen MR) is 69.0 cm³/mol. The van der Waals surface area contributed by atoms with Gasteiger partial charge >= 0.3 is 6.18 Å². The third kappa shape index (κ3) is 2.21. The molecule has 0 saturated carbocycles. The smallest absolute Gasteiger partial charge is 0.360 e. The molecule has 0 unspecified atom stereocenters. The van der Waals surface area contributed by atoms with E-state index in [1.165, 1.54) is 18.5 Å². The molecular formula is C14H7F3N4. The molecule has 0 amide bonds. The number of benzene rings is 1. The van der Waals surface area contributed by atoms with Gasteiger partial charge in [-0.25, -0.2) is 4.98 Å². The fourth-order valence-electron chi connectivity index (χ4n) is 2.13. The van der Waals surface area contributed by atoms with E-state index in [0.29, 0.717) is 16.5 Å². The number of alkyl halides is 3. The molecule has 2 heterocycles. The van der Waals surface area contributed by atoms with Crippen molar-refractivity contribution < 1.29 is 13.2 Å². The van der Waals surface area contributed by atoms with Gasteiger partial charge in [-0.15, -0.1) is 0 Å². The van der Waals surface area contributed by atoms with E-state index in [2.05, 4.69) is 15.0 Å². The van der Waals surface area contributed by atoms with Gasteiger partial charge in [-0.1, -0.05) is 0 Å².